The number of carboxylic acid groups (broad SMARTS) is 1. The highest BCUT2D eigenvalue weighted by molar-refractivity contribution is 5.92. The van der Waals surface area contributed by atoms with E-state index in [2.05, 4.69) is 13.8 Å². The molecule has 4 heteroatoms. The van der Waals surface area contributed by atoms with E-state index in [4.69, 9.17) is 9.84 Å². The van der Waals surface area contributed by atoms with Gasteiger partial charge in [0.1, 0.15) is 0 Å². The Hall–Kier alpha value is -1.84. The highest BCUT2D eigenvalue weighted by Crippen LogP contribution is 2.08. The number of esters is 1. The largest absolute Gasteiger partial charge is 0.478 e. The molecular formula is C16H24O4. The smallest absolute Gasteiger partial charge is 0.338 e. The van der Waals surface area contributed by atoms with Crippen LogP contribution in [0.2, 0.25) is 0 Å². The average molecular weight is 280 g/mol. The summed E-state index contributed by atoms with van der Waals surface area (Å²) in [5.41, 5.74) is 0.538. The van der Waals surface area contributed by atoms with Gasteiger partial charge < -0.3 is 9.84 Å². The zero-order valence-electron chi connectivity index (χ0n) is 12.7. The van der Waals surface area contributed by atoms with Crippen LogP contribution in [0.25, 0.3) is 0 Å². The first-order valence-corrected chi connectivity index (χ1v) is 7.01. The van der Waals surface area contributed by atoms with Crippen LogP contribution in [-0.4, -0.2) is 23.7 Å². The normalized spacial score (nSPS) is 9.65. The van der Waals surface area contributed by atoms with Gasteiger partial charge in [0, 0.05) is 0 Å². The van der Waals surface area contributed by atoms with E-state index in [1.54, 1.807) is 0 Å². The molecule has 0 amide bonds. The van der Waals surface area contributed by atoms with E-state index < -0.39 is 11.9 Å². The summed E-state index contributed by atoms with van der Waals surface area (Å²) in [5.74, 6) is -0.818. The predicted octanol–water partition coefficient (Wildman–Crippen LogP) is 4.00. The first-order valence-electron chi connectivity index (χ1n) is 7.01. The first-order chi connectivity index (χ1) is 9.50. The summed E-state index contributed by atoms with van der Waals surface area (Å²) in [6, 6.07) is 5.72. The molecule has 4 nitrogen and oxygen atoms in total. The van der Waals surface area contributed by atoms with Crippen molar-refractivity contribution < 1.29 is 19.4 Å². The van der Waals surface area contributed by atoms with E-state index in [1.165, 1.54) is 24.3 Å². The molecular weight excluding hydrogens is 256 g/mol. The maximum Gasteiger partial charge on any atom is 0.338 e. The van der Waals surface area contributed by atoms with Gasteiger partial charge in [0.25, 0.3) is 0 Å². The van der Waals surface area contributed by atoms with Crippen LogP contribution in [0, 0.1) is 5.92 Å². The van der Waals surface area contributed by atoms with Crippen LogP contribution in [0.1, 0.15) is 61.3 Å². The summed E-state index contributed by atoms with van der Waals surface area (Å²) in [6.07, 6.45) is 1.86. The lowest BCUT2D eigenvalue weighted by Gasteiger charge is -2.06. The Morgan fingerprint density at radius 1 is 1.10 bits per heavy atom. The molecule has 0 radical (unpaired) electrons. The molecule has 0 aliphatic heterocycles. The number of carbonyl (C=O) groups is 2. The zero-order chi connectivity index (χ0) is 15.5. The molecule has 0 atom stereocenters. The topological polar surface area (TPSA) is 63.6 Å². The van der Waals surface area contributed by atoms with Crippen LogP contribution >= 0.6 is 0 Å². The number of hydrogen-bond acceptors (Lipinski definition) is 3. The number of carbonyl (C=O) groups excluding carboxylic acids is 1. The van der Waals surface area contributed by atoms with Gasteiger partial charge in [-0.25, -0.2) is 9.59 Å². The third kappa shape index (κ3) is 6.92. The van der Waals surface area contributed by atoms with Crippen molar-refractivity contribution in [1.82, 2.24) is 0 Å². The van der Waals surface area contributed by atoms with E-state index >= 15 is 0 Å². The van der Waals surface area contributed by atoms with Crippen molar-refractivity contribution in [1.29, 1.82) is 0 Å². The van der Waals surface area contributed by atoms with Crippen molar-refractivity contribution in [2.24, 2.45) is 5.92 Å². The third-order valence-corrected chi connectivity index (χ3v) is 2.53. The highest BCUT2D eigenvalue weighted by Gasteiger charge is 2.08. The van der Waals surface area contributed by atoms with Gasteiger partial charge in [-0.15, -0.1) is 0 Å². The van der Waals surface area contributed by atoms with Crippen LogP contribution in [0.5, 0.6) is 0 Å². The van der Waals surface area contributed by atoms with E-state index in [9.17, 15) is 9.59 Å². The van der Waals surface area contributed by atoms with Crippen molar-refractivity contribution >= 4 is 11.9 Å². The highest BCUT2D eigenvalue weighted by atomic mass is 16.5. The zero-order valence-corrected chi connectivity index (χ0v) is 12.7. The van der Waals surface area contributed by atoms with E-state index in [0.29, 0.717) is 18.1 Å². The fraction of sp³-hybridized carbons (Fsp3) is 0.500. The Bertz CT molecular complexity index is 407. The quantitative estimate of drug-likeness (QED) is 0.632. The fourth-order valence-corrected chi connectivity index (χ4v) is 1.49. The summed E-state index contributed by atoms with van der Waals surface area (Å²) in [7, 11) is 0. The predicted molar refractivity (Wildman–Crippen MR) is 79.1 cm³/mol. The summed E-state index contributed by atoms with van der Waals surface area (Å²) >= 11 is 0. The minimum atomic E-state index is -1.01. The fourth-order valence-electron chi connectivity index (χ4n) is 1.49. The second-order valence-electron chi connectivity index (χ2n) is 4.55. The minimum Gasteiger partial charge on any atom is -0.478 e. The van der Waals surface area contributed by atoms with Gasteiger partial charge in [-0.2, -0.15) is 0 Å². The SMILES string of the molecule is CC.CC(C)CCCOC(=O)c1ccc(C(=O)O)cc1. The molecule has 1 aromatic rings. The minimum absolute atomic E-state index is 0.159. The monoisotopic (exact) mass is 280 g/mol. The molecule has 1 rings (SSSR count). The van der Waals surface area contributed by atoms with Gasteiger partial charge >= 0.3 is 11.9 Å². The van der Waals surface area contributed by atoms with E-state index in [1.807, 2.05) is 13.8 Å². The molecule has 0 saturated heterocycles. The molecule has 1 aromatic carbocycles. The molecule has 112 valence electrons. The lowest BCUT2D eigenvalue weighted by atomic mass is 10.1. The Balaban J connectivity index is 0.00000172. The van der Waals surface area contributed by atoms with Crippen molar-refractivity contribution in [3.05, 3.63) is 35.4 Å². The van der Waals surface area contributed by atoms with Crippen molar-refractivity contribution in [2.45, 2.75) is 40.5 Å². The number of ether oxygens (including phenoxy) is 1. The number of hydrogen-bond donors (Lipinski definition) is 1. The van der Waals surface area contributed by atoms with E-state index in [0.717, 1.165) is 12.8 Å². The number of rotatable bonds is 6. The standard InChI is InChI=1S/C14H18O4.C2H6/c1-10(2)4-3-9-18-14(17)12-7-5-11(6-8-12)13(15)16;1-2/h5-8,10H,3-4,9H2,1-2H3,(H,15,16);1-2H3. The van der Waals surface area contributed by atoms with Crippen molar-refractivity contribution in [3.63, 3.8) is 0 Å². The molecule has 0 aliphatic carbocycles. The molecule has 20 heavy (non-hydrogen) atoms. The van der Waals surface area contributed by atoms with Crippen LogP contribution in [0.4, 0.5) is 0 Å². The second kappa shape index (κ2) is 10.0. The summed E-state index contributed by atoms with van der Waals surface area (Å²) in [5, 5.41) is 8.72. The Labute approximate surface area is 120 Å². The van der Waals surface area contributed by atoms with Crippen LogP contribution < -0.4 is 0 Å². The first kappa shape index (κ1) is 18.2. The summed E-state index contributed by atoms with van der Waals surface area (Å²) < 4.78 is 5.09. The Morgan fingerprint density at radius 3 is 2.05 bits per heavy atom. The molecule has 0 aromatic heterocycles. The third-order valence-electron chi connectivity index (χ3n) is 2.53. The molecule has 0 aliphatic rings. The van der Waals surface area contributed by atoms with Crippen LogP contribution in [0.15, 0.2) is 24.3 Å². The Morgan fingerprint density at radius 2 is 1.60 bits per heavy atom. The van der Waals surface area contributed by atoms with Crippen LogP contribution in [-0.2, 0) is 4.74 Å². The lowest BCUT2D eigenvalue weighted by Crippen LogP contribution is -2.07. The second-order valence-corrected chi connectivity index (χ2v) is 4.55. The summed E-state index contributed by atoms with van der Waals surface area (Å²) in [6.45, 7) is 8.64. The number of benzene rings is 1. The van der Waals surface area contributed by atoms with Crippen LogP contribution in [0.3, 0.4) is 0 Å². The summed E-state index contributed by atoms with van der Waals surface area (Å²) in [4.78, 5) is 22.2. The lowest BCUT2D eigenvalue weighted by molar-refractivity contribution is 0.0493. The van der Waals surface area contributed by atoms with Gasteiger partial charge in [0.2, 0.25) is 0 Å². The maximum absolute atomic E-state index is 11.6. The number of aromatic carboxylic acids is 1. The molecule has 0 unspecified atom stereocenters. The van der Waals surface area contributed by atoms with E-state index in [-0.39, 0.29) is 5.56 Å². The van der Waals surface area contributed by atoms with Gasteiger partial charge in [0.05, 0.1) is 17.7 Å². The molecule has 0 fully saturated rings. The molecule has 0 heterocycles. The maximum atomic E-state index is 11.6. The van der Waals surface area contributed by atoms with Gasteiger partial charge in [-0.05, 0) is 43.0 Å². The van der Waals surface area contributed by atoms with Gasteiger partial charge in [-0.3, -0.25) is 0 Å². The molecule has 0 spiro atoms. The van der Waals surface area contributed by atoms with Gasteiger partial charge in [-0.1, -0.05) is 27.7 Å². The number of carboxylic acids is 1. The Kier molecular flexibility index (Phi) is 9.09. The molecule has 1 N–H and O–H groups in total. The molecule has 0 saturated carbocycles. The molecule has 0 bridgehead atoms. The van der Waals surface area contributed by atoms with Gasteiger partial charge in [0.15, 0.2) is 0 Å². The average Bonchev–Trinajstić information content (AvgIpc) is 2.45. The van der Waals surface area contributed by atoms with Crippen molar-refractivity contribution in [2.75, 3.05) is 6.61 Å². The van der Waals surface area contributed by atoms with Crippen molar-refractivity contribution in [3.8, 4) is 0 Å².